The topological polar surface area (TPSA) is 97.6 Å². The summed E-state index contributed by atoms with van der Waals surface area (Å²) in [6, 6.07) is 8.76. The summed E-state index contributed by atoms with van der Waals surface area (Å²) in [6.45, 7) is 6.68. The highest BCUT2D eigenvalue weighted by Gasteiger charge is 2.47. The van der Waals surface area contributed by atoms with Gasteiger partial charge in [-0.25, -0.2) is 17.2 Å². The monoisotopic (exact) mass is 496 g/mol. The van der Waals surface area contributed by atoms with Gasteiger partial charge in [-0.1, -0.05) is 24.3 Å². The Bertz CT molecular complexity index is 1160. The normalized spacial score (nSPS) is 19.9. The fourth-order valence-corrected chi connectivity index (χ4v) is 5.99. The molecule has 1 aromatic heterocycles. The van der Waals surface area contributed by atoms with E-state index in [4.69, 9.17) is 4.74 Å². The van der Waals surface area contributed by atoms with Gasteiger partial charge in [0, 0.05) is 5.39 Å². The Balaban J connectivity index is 2.08. The third-order valence-electron chi connectivity index (χ3n) is 4.86. The first-order valence-electron chi connectivity index (χ1n) is 9.44. The molecule has 1 amide bonds. The number of benzene rings is 1. The van der Waals surface area contributed by atoms with E-state index < -0.39 is 26.5 Å². The van der Waals surface area contributed by atoms with E-state index in [2.05, 4.69) is 21.2 Å². The third-order valence-corrected chi connectivity index (χ3v) is 7.91. The Kier molecular flexibility index (Phi) is 5.81. The first-order valence-corrected chi connectivity index (χ1v) is 11.7. The molecule has 0 radical (unpaired) electrons. The summed E-state index contributed by atoms with van der Waals surface area (Å²) in [5.41, 5.74) is 0.160. The number of para-hydroxylation sites is 1. The molecule has 0 saturated heterocycles. The van der Waals surface area contributed by atoms with Gasteiger partial charge in [-0.15, -0.1) is 0 Å². The lowest BCUT2D eigenvalue weighted by Gasteiger charge is -2.31. The number of carbonyl (C=O) groups is 1. The predicted octanol–water partition coefficient (Wildman–Crippen LogP) is 4.73. The van der Waals surface area contributed by atoms with Crippen molar-refractivity contribution in [1.29, 1.82) is 0 Å². The molecule has 162 valence electrons. The van der Waals surface area contributed by atoms with Crippen molar-refractivity contribution in [2.24, 2.45) is 0 Å². The molecule has 30 heavy (non-hydrogen) atoms. The zero-order valence-electron chi connectivity index (χ0n) is 17.3. The summed E-state index contributed by atoms with van der Waals surface area (Å²) in [5.74, 6) is -0.256. The van der Waals surface area contributed by atoms with Gasteiger partial charge in [-0.2, -0.15) is 0 Å². The van der Waals surface area contributed by atoms with E-state index in [9.17, 15) is 18.3 Å². The molecule has 3 rings (SSSR count). The van der Waals surface area contributed by atoms with Crippen LogP contribution in [0.15, 0.2) is 52.7 Å². The van der Waals surface area contributed by atoms with Crippen LogP contribution in [-0.4, -0.2) is 33.9 Å². The van der Waals surface area contributed by atoms with Gasteiger partial charge in [-0.05, 0) is 68.3 Å². The van der Waals surface area contributed by atoms with Crippen molar-refractivity contribution in [3.8, 4) is 0 Å². The van der Waals surface area contributed by atoms with E-state index in [-0.39, 0.29) is 18.7 Å². The highest BCUT2D eigenvalue weighted by Crippen LogP contribution is 2.39. The smallest absolute Gasteiger partial charge is 0.407 e. The summed E-state index contributed by atoms with van der Waals surface area (Å²) in [4.78, 5) is 12.1. The third kappa shape index (κ3) is 4.00. The Morgan fingerprint density at radius 1 is 1.33 bits per heavy atom. The summed E-state index contributed by atoms with van der Waals surface area (Å²) >= 11 is 3.23. The number of hydrogen-bond acceptors (Lipinski definition) is 5. The molecule has 1 aliphatic carbocycles. The highest BCUT2D eigenvalue weighted by molar-refractivity contribution is 9.11. The Hall–Kier alpha value is -2.26. The van der Waals surface area contributed by atoms with E-state index in [1.807, 2.05) is 6.07 Å². The van der Waals surface area contributed by atoms with Crippen LogP contribution in [0.4, 0.5) is 4.79 Å². The van der Waals surface area contributed by atoms with Crippen molar-refractivity contribution < 1.29 is 23.1 Å². The fourth-order valence-electron chi connectivity index (χ4n) is 3.32. The number of nitrogens with zero attached hydrogens (tertiary/aromatic N) is 1. The molecule has 0 spiro atoms. The van der Waals surface area contributed by atoms with Crippen molar-refractivity contribution in [3.05, 3.63) is 58.4 Å². The molecular weight excluding hydrogens is 472 g/mol. The van der Waals surface area contributed by atoms with Crippen molar-refractivity contribution in [2.45, 2.75) is 51.0 Å². The number of ether oxygens (including phenoxy) is 1. The van der Waals surface area contributed by atoms with Crippen LogP contribution in [0.3, 0.4) is 0 Å². The van der Waals surface area contributed by atoms with Crippen LogP contribution in [-0.2, 0) is 21.3 Å². The van der Waals surface area contributed by atoms with Crippen LogP contribution in [0, 0.1) is 0 Å². The van der Waals surface area contributed by atoms with Crippen LogP contribution in [0.1, 0.15) is 39.8 Å². The van der Waals surface area contributed by atoms with Gasteiger partial charge in [-0.3, -0.25) is 0 Å². The van der Waals surface area contributed by atoms with Gasteiger partial charge in [0.05, 0.1) is 22.2 Å². The van der Waals surface area contributed by atoms with Crippen LogP contribution >= 0.6 is 15.9 Å². The van der Waals surface area contributed by atoms with E-state index in [1.165, 1.54) is 10.9 Å². The molecule has 0 fully saturated rings. The van der Waals surface area contributed by atoms with Crippen molar-refractivity contribution >= 4 is 42.9 Å². The second-order valence-corrected chi connectivity index (χ2v) is 11.4. The van der Waals surface area contributed by atoms with Crippen molar-refractivity contribution in [3.63, 3.8) is 0 Å². The quantitative estimate of drug-likeness (QED) is 0.637. The predicted molar refractivity (Wildman–Crippen MR) is 120 cm³/mol. The molecule has 7 nitrogen and oxygen atoms in total. The molecular formula is C21H25BrN2O5S. The van der Waals surface area contributed by atoms with Gasteiger partial charge in [0.2, 0.25) is 0 Å². The molecule has 1 unspecified atom stereocenters. The molecule has 2 N–H and O–H groups in total. The molecule has 1 heterocycles. The number of amides is 1. The van der Waals surface area contributed by atoms with Crippen molar-refractivity contribution in [2.75, 3.05) is 0 Å². The lowest BCUT2D eigenvalue weighted by atomic mass is 10.00. The van der Waals surface area contributed by atoms with E-state index in [0.717, 1.165) is 0 Å². The summed E-state index contributed by atoms with van der Waals surface area (Å²) in [5, 5.41) is 14.0. The van der Waals surface area contributed by atoms with Crippen LogP contribution in [0.25, 0.3) is 10.9 Å². The number of nitrogens with one attached hydrogen (secondary N) is 1. The minimum absolute atomic E-state index is 0.0552. The molecule has 0 saturated carbocycles. The highest BCUT2D eigenvalue weighted by atomic mass is 79.9. The number of fused-ring (bicyclic) bond motifs is 1. The maximum Gasteiger partial charge on any atom is 0.407 e. The van der Waals surface area contributed by atoms with Gasteiger partial charge in [0.15, 0.2) is 0 Å². The summed E-state index contributed by atoms with van der Waals surface area (Å²) < 4.78 is 32.8. The number of rotatable bonds is 4. The van der Waals surface area contributed by atoms with Gasteiger partial charge in [0.25, 0.3) is 10.0 Å². The molecule has 2 aromatic rings. The number of carbonyl (C=O) groups excluding carboxylic acids is 1. The maximum absolute atomic E-state index is 13.8. The molecule has 1 atom stereocenters. The van der Waals surface area contributed by atoms with Gasteiger partial charge < -0.3 is 15.2 Å². The summed E-state index contributed by atoms with van der Waals surface area (Å²) in [7, 11) is -4.11. The van der Waals surface area contributed by atoms with Crippen LogP contribution < -0.4 is 5.32 Å². The SMILES string of the molecule is CC(C)(C)OC(=O)NCc1cc2ccccc2n1S(=O)(=O)C1(C)CC=CC(Br)=C1O. The van der Waals surface area contributed by atoms with Gasteiger partial charge >= 0.3 is 6.09 Å². The zero-order chi connectivity index (χ0) is 22.3. The Morgan fingerprint density at radius 3 is 2.67 bits per heavy atom. The largest absolute Gasteiger partial charge is 0.509 e. The molecule has 1 aromatic carbocycles. The zero-order valence-corrected chi connectivity index (χ0v) is 19.7. The Morgan fingerprint density at radius 2 is 2.00 bits per heavy atom. The van der Waals surface area contributed by atoms with Crippen molar-refractivity contribution in [1.82, 2.24) is 9.29 Å². The standard InChI is InChI=1S/C21H25BrN2O5S/c1-20(2,3)29-19(26)23-13-15-12-14-8-5-6-10-17(14)24(15)30(27,28)21(4)11-7-9-16(22)18(21)25/h5-10,12,25H,11,13H2,1-4H3,(H,23,26). The molecule has 9 heteroatoms. The maximum atomic E-state index is 13.8. The van der Waals surface area contributed by atoms with Crippen LogP contribution in [0.5, 0.6) is 0 Å². The first kappa shape index (κ1) is 22.4. The number of aliphatic hydroxyl groups is 1. The Labute approximate surface area is 184 Å². The lowest BCUT2D eigenvalue weighted by molar-refractivity contribution is 0.0522. The number of aliphatic hydroxyl groups excluding tert-OH is 1. The average molecular weight is 497 g/mol. The number of aromatic nitrogens is 1. The summed E-state index contributed by atoms with van der Waals surface area (Å²) in [6.07, 6.45) is 2.80. The fraction of sp³-hybridized carbons (Fsp3) is 0.381. The second kappa shape index (κ2) is 7.77. The van der Waals surface area contributed by atoms with E-state index in [0.29, 0.717) is 21.1 Å². The number of allylic oxidation sites excluding steroid dienone is 3. The second-order valence-electron chi connectivity index (χ2n) is 8.35. The van der Waals surface area contributed by atoms with E-state index >= 15 is 0 Å². The lowest BCUT2D eigenvalue weighted by Crippen LogP contribution is -2.43. The van der Waals surface area contributed by atoms with E-state index in [1.54, 1.807) is 57.2 Å². The molecule has 0 bridgehead atoms. The average Bonchev–Trinajstić information content (AvgIpc) is 3.02. The number of alkyl carbamates (subject to hydrolysis) is 1. The number of halogens is 1. The number of hydrogen-bond donors (Lipinski definition) is 2. The molecule has 0 aliphatic heterocycles. The molecule has 1 aliphatic rings. The minimum Gasteiger partial charge on any atom is -0.509 e. The van der Waals surface area contributed by atoms with Gasteiger partial charge in [0.1, 0.15) is 16.1 Å². The first-order chi connectivity index (χ1) is 13.9. The van der Waals surface area contributed by atoms with Crippen LogP contribution in [0.2, 0.25) is 0 Å². The minimum atomic E-state index is -4.11.